The minimum atomic E-state index is -2.92. The van der Waals surface area contributed by atoms with Crippen LogP contribution in [0, 0.1) is 13.8 Å². The molecule has 0 aliphatic heterocycles. The summed E-state index contributed by atoms with van der Waals surface area (Å²) in [5.74, 6) is 0.943. The van der Waals surface area contributed by atoms with Gasteiger partial charge in [-0.3, -0.25) is 0 Å². The van der Waals surface area contributed by atoms with Crippen molar-refractivity contribution in [3.8, 4) is 11.5 Å². The van der Waals surface area contributed by atoms with E-state index in [9.17, 15) is 10.2 Å². The lowest BCUT2D eigenvalue weighted by Crippen LogP contribution is -2.70. The SMILES string of the molecule is CCCC[Si](C)(C)O[Si](O[Si](C)(C)CCCCCCCCCCC(c1ccc(O)c(C)c1)c1ccc(O)c(C)c1)(c1ccccc1)c1ccccc1. The van der Waals surface area contributed by atoms with Gasteiger partial charge in [0.25, 0.3) is 0 Å². The number of aromatic hydroxyl groups is 2. The Bertz CT molecular complexity index is 1550. The van der Waals surface area contributed by atoms with Gasteiger partial charge >= 0.3 is 8.56 Å². The maximum absolute atomic E-state index is 10.1. The molecule has 4 aromatic carbocycles. The lowest BCUT2D eigenvalue weighted by atomic mass is 9.85. The van der Waals surface area contributed by atoms with Crippen LogP contribution in [0.4, 0.5) is 0 Å². The van der Waals surface area contributed by atoms with Gasteiger partial charge in [0.15, 0.2) is 16.6 Å². The average molecular weight is 755 g/mol. The van der Waals surface area contributed by atoms with Gasteiger partial charge in [-0.1, -0.05) is 156 Å². The Morgan fingerprint density at radius 2 is 0.923 bits per heavy atom. The second-order valence-corrected chi connectivity index (χ2v) is 28.2. The standard InChI is InChI=1S/C45H66O4Si3/c1-8-9-33-50(4,5)48-52(41-24-18-16-19-25-41,42-26-20-17-21-27-42)49-51(6,7)34-23-15-13-11-10-12-14-22-28-43(39-29-31-44(46)37(2)35-39)40-30-32-45(47)38(3)36-40/h16-21,24-27,29-32,35-36,43,46-47H,8-15,22-23,28,33-34H2,1-7H3. The molecule has 0 aliphatic carbocycles. The summed E-state index contributed by atoms with van der Waals surface area (Å²) in [6.45, 7) is 15.8. The molecular weight excluding hydrogens is 689 g/mol. The van der Waals surface area contributed by atoms with E-state index in [4.69, 9.17) is 8.23 Å². The Labute approximate surface area is 319 Å². The first-order chi connectivity index (χ1) is 24.9. The summed E-state index contributed by atoms with van der Waals surface area (Å²) in [4.78, 5) is 0. The number of phenols is 2. The second-order valence-electron chi connectivity index (χ2n) is 16.2. The molecule has 0 atom stereocenters. The quantitative estimate of drug-likeness (QED) is 0.0620. The minimum Gasteiger partial charge on any atom is -0.508 e. The van der Waals surface area contributed by atoms with Gasteiger partial charge in [0, 0.05) is 5.92 Å². The summed E-state index contributed by atoms with van der Waals surface area (Å²) in [6, 6.07) is 36.1. The van der Waals surface area contributed by atoms with Crippen molar-refractivity contribution in [3.05, 3.63) is 119 Å². The predicted octanol–water partition coefficient (Wildman–Crippen LogP) is 11.9. The molecule has 282 valence electrons. The van der Waals surface area contributed by atoms with Gasteiger partial charge in [-0.25, -0.2) is 0 Å². The average Bonchev–Trinajstić information content (AvgIpc) is 3.12. The van der Waals surface area contributed by atoms with Crippen molar-refractivity contribution in [2.24, 2.45) is 0 Å². The largest absolute Gasteiger partial charge is 0.508 e. The Morgan fingerprint density at radius 1 is 0.519 bits per heavy atom. The molecule has 4 rings (SSSR count). The number of benzene rings is 4. The Balaban J connectivity index is 1.28. The van der Waals surface area contributed by atoms with Gasteiger partial charge in [0.1, 0.15) is 11.5 Å². The summed E-state index contributed by atoms with van der Waals surface area (Å²) < 4.78 is 15.0. The van der Waals surface area contributed by atoms with E-state index < -0.39 is 25.2 Å². The zero-order valence-corrected chi connectivity index (χ0v) is 36.2. The van der Waals surface area contributed by atoms with Crippen molar-refractivity contribution < 1.29 is 18.4 Å². The van der Waals surface area contributed by atoms with Crippen LogP contribution in [-0.4, -0.2) is 35.4 Å². The van der Waals surface area contributed by atoms with Crippen molar-refractivity contribution >= 4 is 35.6 Å². The van der Waals surface area contributed by atoms with E-state index in [1.165, 1.54) is 79.3 Å². The molecule has 0 spiro atoms. The molecule has 0 amide bonds. The number of rotatable bonds is 22. The maximum Gasteiger partial charge on any atom is 0.386 e. The molecule has 0 radical (unpaired) electrons. The minimum absolute atomic E-state index is 0.258. The number of unbranched alkanes of at least 4 members (excludes halogenated alkanes) is 8. The highest BCUT2D eigenvalue weighted by Gasteiger charge is 2.50. The van der Waals surface area contributed by atoms with Crippen molar-refractivity contribution in [1.82, 2.24) is 0 Å². The first kappa shape index (κ1) is 41.8. The fourth-order valence-electron chi connectivity index (χ4n) is 7.50. The fraction of sp³-hybridized carbons (Fsp3) is 0.467. The summed E-state index contributed by atoms with van der Waals surface area (Å²) in [5.41, 5.74) is 4.28. The molecule has 0 unspecified atom stereocenters. The first-order valence-electron chi connectivity index (χ1n) is 20.0. The second kappa shape index (κ2) is 19.9. The number of hydrogen-bond donors (Lipinski definition) is 2. The summed E-state index contributed by atoms with van der Waals surface area (Å²) in [6.07, 6.45) is 13.4. The highest BCUT2D eigenvalue weighted by molar-refractivity contribution is 7.02. The maximum atomic E-state index is 10.1. The van der Waals surface area contributed by atoms with E-state index in [-0.39, 0.29) is 5.92 Å². The van der Waals surface area contributed by atoms with Gasteiger partial charge < -0.3 is 18.4 Å². The van der Waals surface area contributed by atoms with Crippen molar-refractivity contribution in [2.45, 2.75) is 136 Å². The van der Waals surface area contributed by atoms with Gasteiger partial charge in [-0.05, 0) is 103 Å². The summed E-state index contributed by atoms with van der Waals surface area (Å²) in [7, 11) is -6.99. The summed E-state index contributed by atoms with van der Waals surface area (Å²) in [5, 5.41) is 22.7. The molecule has 0 saturated heterocycles. The number of phenolic OH excluding ortho intramolecular Hbond substituents is 2. The molecule has 7 heteroatoms. The third kappa shape index (κ3) is 12.3. The Kier molecular flexibility index (Phi) is 16.0. The van der Waals surface area contributed by atoms with Gasteiger partial charge in [-0.15, -0.1) is 0 Å². The van der Waals surface area contributed by atoms with E-state index >= 15 is 0 Å². The van der Waals surface area contributed by atoms with Crippen LogP contribution in [0.3, 0.4) is 0 Å². The highest BCUT2D eigenvalue weighted by Crippen LogP contribution is 2.35. The number of hydrogen-bond acceptors (Lipinski definition) is 4. The molecule has 2 N–H and O–H groups in total. The fourth-order valence-corrected chi connectivity index (χ4v) is 20.9. The van der Waals surface area contributed by atoms with Crippen molar-refractivity contribution in [3.63, 3.8) is 0 Å². The van der Waals surface area contributed by atoms with Crippen LogP contribution in [0.25, 0.3) is 0 Å². The van der Waals surface area contributed by atoms with Crippen LogP contribution in [0.2, 0.25) is 38.3 Å². The lowest BCUT2D eigenvalue weighted by molar-refractivity contribution is 0.403. The monoisotopic (exact) mass is 754 g/mol. The third-order valence-corrected chi connectivity index (χ3v) is 22.6. The van der Waals surface area contributed by atoms with E-state index in [0.717, 1.165) is 36.1 Å². The topological polar surface area (TPSA) is 58.9 Å². The molecule has 0 aromatic heterocycles. The Hall–Kier alpha value is -2.95. The van der Waals surface area contributed by atoms with E-state index in [1.54, 1.807) is 0 Å². The molecule has 0 heterocycles. The third-order valence-electron chi connectivity index (χ3n) is 10.5. The molecule has 0 aliphatic rings. The molecule has 4 nitrogen and oxygen atoms in total. The van der Waals surface area contributed by atoms with Gasteiger partial charge in [0.2, 0.25) is 0 Å². The van der Waals surface area contributed by atoms with E-state index in [2.05, 4.69) is 118 Å². The highest BCUT2D eigenvalue weighted by atomic mass is 28.5. The zero-order valence-electron chi connectivity index (χ0n) is 33.2. The van der Waals surface area contributed by atoms with Crippen LogP contribution in [0.5, 0.6) is 11.5 Å². The smallest absolute Gasteiger partial charge is 0.386 e. The number of aryl methyl sites for hydroxylation is 2. The molecule has 4 aromatic rings. The predicted molar refractivity (Wildman–Crippen MR) is 229 cm³/mol. The molecule has 52 heavy (non-hydrogen) atoms. The molecular formula is C45H66O4Si3. The van der Waals surface area contributed by atoms with Gasteiger partial charge in [-0.2, -0.15) is 0 Å². The van der Waals surface area contributed by atoms with Crippen LogP contribution in [-0.2, 0) is 8.23 Å². The molecule has 0 saturated carbocycles. The van der Waals surface area contributed by atoms with E-state index in [1.807, 2.05) is 26.0 Å². The molecule has 0 fully saturated rings. The Morgan fingerprint density at radius 3 is 1.35 bits per heavy atom. The van der Waals surface area contributed by atoms with Crippen LogP contribution < -0.4 is 10.4 Å². The molecule has 0 bridgehead atoms. The van der Waals surface area contributed by atoms with Crippen LogP contribution in [0.1, 0.15) is 106 Å². The normalized spacial score (nSPS) is 12.5. The van der Waals surface area contributed by atoms with Crippen molar-refractivity contribution in [1.29, 1.82) is 0 Å². The lowest BCUT2D eigenvalue weighted by Gasteiger charge is -2.43. The van der Waals surface area contributed by atoms with Crippen LogP contribution in [0.15, 0.2) is 97.1 Å². The van der Waals surface area contributed by atoms with Gasteiger partial charge in [0.05, 0.1) is 0 Å². The van der Waals surface area contributed by atoms with Crippen molar-refractivity contribution in [2.75, 3.05) is 0 Å². The zero-order chi connectivity index (χ0) is 37.6. The van der Waals surface area contributed by atoms with E-state index in [0.29, 0.717) is 11.5 Å². The van der Waals surface area contributed by atoms with Crippen LogP contribution >= 0.6 is 0 Å². The summed E-state index contributed by atoms with van der Waals surface area (Å²) >= 11 is 0. The first-order valence-corrected chi connectivity index (χ1v) is 28.0.